The van der Waals surface area contributed by atoms with E-state index in [-0.39, 0.29) is 39.9 Å². The van der Waals surface area contributed by atoms with Gasteiger partial charge in [0.2, 0.25) is 17.8 Å². The maximum Gasteiger partial charge on any atom is 0.255 e. The molecule has 2 saturated heterocycles. The van der Waals surface area contributed by atoms with E-state index in [9.17, 15) is 22.8 Å². The summed E-state index contributed by atoms with van der Waals surface area (Å²) in [6.07, 6.45) is 5.74. The Morgan fingerprint density at radius 2 is 1.80 bits per heavy atom. The first-order valence-corrected chi connectivity index (χ1v) is 21.8. The molecular weight excluding hydrogens is 790 g/mol. The number of benzene rings is 3. The number of methoxy groups -OCH3 is 1. The van der Waals surface area contributed by atoms with Gasteiger partial charge < -0.3 is 25.2 Å². The van der Waals surface area contributed by atoms with Gasteiger partial charge in [0, 0.05) is 30.5 Å². The van der Waals surface area contributed by atoms with Crippen molar-refractivity contribution in [1.82, 2.24) is 25.1 Å². The van der Waals surface area contributed by atoms with Crippen molar-refractivity contribution in [2.75, 3.05) is 37.4 Å². The van der Waals surface area contributed by atoms with Gasteiger partial charge in [0.05, 0.1) is 34.8 Å². The number of ether oxygens (including phenoxy) is 1. The van der Waals surface area contributed by atoms with Crippen LogP contribution in [0.2, 0.25) is 5.02 Å². The summed E-state index contributed by atoms with van der Waals surface area (Å²) in [7, 11) is -1.93. The quantitative estimate of drug-likeness (QED) is 0.0774. The van der Waals surface area contributed by atoms with E-state index in [1.165, 1.54) is 11.8 Å². The second-order valence-corrected chi connectivity index (χ2v) is 18.3. The van der Waals surface area contributed by atoms with Crippen molar-refractivity contribution in [3.63, 3.8) is 0 Å². The first kappa shape index (κ1) is 41.7. The van der Waals surface area contributed by atoms with Crippen molar-refractivity contribution in [3.05, 3.63) is 93.6 Å². The number of piperidine rings is 2. The summed E-state index contributed by atoms with van der Waals surface area (Å²) >= 11 is 6.47. The van der Waals surface area contributed by atoms with Crippen LogP contribution in [0, 0.1) is 18.8 Å². The number of fused-ring (bicyclic) bond motifs is 1. The molecule has 15 heteroatoms. The zero-order chi connectivity index (χ0) is 41.8. The molecule has 13 nitrogen and oxygen atoms in total. The minimum atomic E-state index is -3.56. The number of aromatic nitrogens is 2. The van der Waals surface area contributed by atoms with Gasteiger partial charge in [-0.2, -0.15) is 4.98 Å². The van der Waals surface area contributed by atoms with Crippen LogP contribution in [0.3, 0.4) is 0 Å². The van der Waals surface area contributed by atoms with Crippen LogP contribution in [0.15, 0.2) is 65.7 Å². The molecule has 7 rings (SSSR count). The van der Waals surface area contributed by atoms with Gasteiger partial charge in [-0.1, -0.05) is 41.6 Å². The number of anilines is 4. The summed E-state index contributed by atoms with van der Waals surface area (Å²) in [6.45, 7) is 8.64. The van der Waals surface area contributed by atoms with Crippen LogP contribution in [-0.4, -0.2) is 83.9 Å². The molecular formula is C44H48ClN7O6S. The van der Waals surface area contributed by atoms with Gasteiger partial charge in [-0.15, -0.1) is 0 Å². The second-order valence-electron chi connectivity index (χ2n) is 15.4. The number of hydrogen-bond donors (Lipinski definition) is 3. The number of halogens is 1. The van der Waals surface area contributed by atoms with E-state index < -0.39 is 27.0 Å². The number of para-hydroxylation sites is 1. The van der Waals surface area contributed by atoms with Gasteiger partial charge in [-0.3, -0.25) is 19.7 Å². The third-order valence-electron chi connectivity index (χ3n) is 11.2. The lowest BCUT2D eigenvalue weighted by Crippen LogP contribution is -2.52. The SMILES string of the molecule is COc1cc(C2CCN(CCCC#Cc3ccc4c(c3)C(=O)N(C3CCC(=O)NC3=O)C4)CC2)c(C)cc1Nc1ncc(Cl)c(Nc2ccccc2S(=O)(=O)C(C)C)n1. The number of carbonyl (C=O) groups is 3. The summed E-state index contributed by atoms with van der Waals surface area (Å²) in [4.78, 5) is 50.3. The van der Waals surface area contributed by atoms with Crippen molar-refractivity contribution in [2.24, 2.45) is 0 Å². The topological polar surface area (TPSA) is 163 Å². The van der Waals surface area contributed by atoms with Crippen LogP contribution >= 0.6 is 11.6 Å². The Balaban J connectivity index is 0.915. The van der Waals surface area contributed by atoms with Crippen molar-refractivity contribution < 1.29 is 27.5 Å². The number of carbonyl (C=O) groups excluding carboxylic acids is 3. The van der Waals surface area contributed by atoms with Crippen LogP contribution in [0.25, 0.3) is 0 Å². The molecule has 3 amide bonds. The number of nitrogens with zero attached hydrogens (tertiary/aromatic N) is 4. The number of hydrogen-bond acceptors (Lipinski definition) is 11. The van der Waals surface area contributed by atoms with E-state index in [1.54, 1.807) is 50.1 Å². The molecule has 1 aromatic heterocycles. The highest BCUT2D eigenvalue weighted by atomic mass is 35.5. The van der Waals surface area contributed by atoms with Crippen LogP contribution in [0.1, 0.15) is 90.9 Å². The third-order valence-corrected chi connectivity index (χ3v) is 13.7. The summed E-state index contributed by atoms with van der Waals surface area (Å²) < 4.78 is 31.9. The number of likely N-dealkylation sites (tertiary alicyclic amines) is 1. The highest BCUT2D eigenvalue weighted by Crippen LogP contribution is 2.38. The molecule has 0 radical (unpaired) electrons. The smallest absolute Gasteiger partial charge is 0.255 e. The van der Waals surface area contributed by atoms with Crippen molar-refractivity contribution >= 4 is 62.3 Å². The van der Waals surface area contributed by atoms with Crippen molar-refractivity contribution in [1.29, 1.82) is 0 Å². The Morgan fingerprint density at radius 3 is 2.54 bits per heavy atom. The van der Waals surface area contributed by atoms with E-state index in [1.807, 2.05) is 24.3 Å². The molecule has 308 valence electrons. The van der Waals surface area contributed by atoms with Gasteiger partial charge in [-0.05, 0) is 125 Å². The average Bonchev–Trinajstić information content (AvgIpc) is 3.54. The Morgan fingerprint density at radius 1 is 1.02 bits per heavy atom. The minimum Gasteiger partial charge on any atom is -0.495 e. The molecule has 59 heavy (non-hydrogen) atoms. The molecule has 3 aliphatic rings. The van der Waals surface area contributed by atoms with Crippen LogP contribution < -0.4 is 20.7 Å². The number of amides is 3. The molecule has 3 aliphatic heterocycles. The molecule has 0 bridgehead atoms. The average molecular weight is 838 g/mol. The first-order valence-electron chi connectivity index (χ1n) is 19.9. The molecule has 4 heterocycles. The molecule has 0 saturated carbocycles. The molecule has 0 spiro atoms. The van der Waals surface area contributed by atoms with Crippen LogP contribution in [0.4, 0.5) is 23.1 Å². The first-order chi connectivity index (χ1) is 28.3. The second kappa shape index (κ2) is 17.8. The summed E-state index contributed by atoms with van der Waals surface area (Å²) in [6, 6.07) is 15.8. The third kappa shape index (κ3) is 9.22. The fourth-order valence-corrected chi connectivity index (χ4v) is 9.24. The maximum absolute atomic E-state index is 13.2. The number of sulfone groups is 1. The number of rotatable bonds is 12. The van der Waals surface area contributed by atoms with E-state index in [0.29, 0.717) is 41.6 Å². The lowest BCUT2D eigenvalue weighted by Gasteiger charge is -2.33. The van der Waals surface area contributed by atoms with Crippen molar-refractivity contribution in [2.45, 2.75) is 87.9 Å². The van der Waals surface area contributed by atoms with Crippen molar-refractivity contribution in [3.8, 4) is 17.6 Å². The largest absolute Gasteiger partial charge is 0.495 e. The van der Waals surface area contributed by atoms with Gasteiger partial charge in [0.1, 0.15) is 16.8 Å². The monoisotopic (exact) mass is 837 g/mol. The Kier molecular flexibility index (Phi) is 12.6. The molecule has 3 aromatic carbocycles. The Labute approximate surface area is 350 Å². The lowest BCUT2D eigenvalue weighted by atomic mass is 9.86. The Hall–Kier alpha value is -5.49. The lowest BCUT2D eigenvalue weighted by molar-refractivity contribution is -0.136. The predicted molar refractivity (Wildman–Crippen MR) is 227 cm³/mol. The van der Waals surface area contributed by atoms with Crippen LogP contribution in [0.5, 0.6) is 5.75 Å². The zero-order valence-electron chi connectivity index (χ0n) is 33.6. The summed E-state index contributed by atoms with van der Waals surface area (Å²) in [5.41, 5.74) is 5.65. The number of aryl methyl sites for hydroxylation is 1. The van der Waals surface area contributed by atoms with E-state index >= 15 is 0 Å². The molecule has 2 fully saturated rings. The molecule has 1 atom stereocenters. The molecule has 4 aromatic rings. The highest BCUT2D eigenvalue weighted by molar-refractivity contribution is 7.92. The zero-order valence-corrected chi connectivity index (χ0v) is 35.2. The van der Waals surface area contributed by atoms with Gasteiger partial charge in [-0.25, -0.2) is 13.4 Å². The summed E-state index contributed by atoms with van der Waals surface area (Å²) in [5.74, 6) is 7.16. The highest BCUT2D eigenvalue weighted by Gasteiger charge is 2.39. The normalized spacial score (nSPS) is 17.4. The number of unbranched alkanes of at least 4 members (excludes halogenated alkanes) is 1. The molecule has 1 unspecified atom stereocenters. The fraction of sp³-hybridized carbons (Fsp3) is 0.386. The predicted octanol–water partition coefficient (Wildman–Crippen LogP) is 6.89. The molecule has 3 N–H and O–H groups in total. The number of nitrogens with one attached hydrogen (secondary N) is 3. The molecule has 0 aliphatic carbocycles. The van der Waals surface area contributed by atoms with E-state index in [0.717, 1.165) is 62.0 Å². The fourth-order valence-electron chi connectivity index (χ4n) is 7.90. The summed E-state index contributed by atoms with van der Waals surface area (Å²) in [5, 5.41) is 8.35. The standard InChI is InChI=1S/C44H48ClN7O6S/c1-27(2)59(56,57)39-12-8-7-11-35(39)47-41-34(45)25-46-44(50-41)48-36-22-28(3)32(24-38(36)58-4)30-17-20-51(21-18-30)19-9-5-6-10-29-13-14-31-26-52(43(55)33(31)23-29)37-15-16-40(53)49-42(37)54/h7-8,11-14,22-25,27,30,37H,5,9,15-21,26H2,1-4H3,(H,49,53,54)(H2,46,47,48,50). The van der Waals surface area contributed by atoms with Gasteiger partial charge in [0.15, 0.2) is 15.7 Å². The van der Waals surface area contributed by atoms with Gasteiger partial charge in [0.25, 0.3) is 5.91 Å². The minimum absolute atomic E-state index is 0.166. The Bertz CT molecular complexity index is 2460. The van der Waals surface area contributed by atoms with Crippen LogP contribution in [-0.2, 0) is 26.0 Å². The van der Waals surface area contributed by atoms with Gasteiger partial charge >= 0.3 is 0 Å². The van der Waals surface area contributed by atoms with E-state index in [4.69, 9.17) is 16.3 Å². The van der Waals surface area contributed by atoms with E-state index in [2.05, 4.69) is 55.6 Å². The number of imide groups is 1. The maximum atomic E-state index is 13.2.